The van der Waals surface area contributed by atoms with Gasteiger partial charge in [-0.1, -0.05) is 6.92 Å². The molecule has 3 atom stereocenters. The number of nitrogens with zero attached hydrogens (tertiary/aromatic N) is 4. The lowest BCUT2D eigenvalue weighted by Crippen LogP contribution is -2.51. The van der Waals surface area contributed by atoms with Crippen LogP contribution in [-0.4, -0.2) is 44.7 Å². The third-order valence-corrected chi connectivity index (χ3v) is 3.72. The number of hydrogen-bond donors (Lipinski definition) is 1. The van der Waals surface area contributed by atoms with Gasteiger partial charge in [0.2, 0.25) is 5.91 Å². The van der Waals surface area contributed by atoms with Gasteiger partial charge in [-0.15, -0.1) is 0 Å². The Kier molecular flexibility index (Phi) is 3.96. The van der Waals surface area contributed by atoms with Crippen molar-refractivity contribution in [3.63, 3.8) is 0 Å². The van der Waals surface area contributed by atoms with Gasteiger partial charge in [0.15, 0.2) is 0 Å². The molecule has 0 aromatic carbocycles. The molecule has 1 fully saturated rings. The molecule has 1 aliphatic rings. The van der Waals surface area contributed by atoms with E-state index in [-0.39, 0.29) is 18.0 Å². The van der Waals surface area contributed by atoms with Gasteiger partial charge < -0.3 is 10.6 Å². The maximum absolute atomic E-state index is 12.5. The monoisotopic (exact) mass is 251 g/mol. The lowest BCUT2D eigenvalue weighted by atomic mass is 9.92. The Morgan fingerprint density at radius 3 is 3.00 bits per heavy atom. The quantitative estimate of drug-likeness (QED) is 0.845. The first-order valence-electron chi connectivity index (χ1n) is 6.48. The molecule has 0 bridgehead atoms. The molecule has 100 valence electrons. The van der Waals surface area contributed by atoms with Crippen LogP contribution in [0, 0.1) is 5.92 Å². The van der Waals surface area contributed by atoms with E-state index in [0.29, 0.717) is 12.5 Å². The number of hydrogen-bond acceptors (Lipinski definition) is 4. The first kappa shape index (κ1) is 13.0. The van der Waals surface area contributed by atoms with Gasteiger partial charge in [-0.05, 0) is 25.7 Å². The first-order valence-corrected chi connectivity index (χ1v) is 6.48. The molecule has 18 heavy (non-hydrogen) atoms. The summed E-state index contributed by atoms with van der Waals surface area (Å²) in [6.45, 7) is 5.38. The average molecular weight is 251 g/mol. The van der Waals surface area contributed by atoms with Crippen LogP contribution in [0.2, 0.25) is 0 Å². The van der Waals surface area contributed by atoms with Crippen LogP contribution in [0.4, 0.5) is 0 Å². The molecule has 0 aliphatic carbocycles. The van der Waals surface area contributed by atoms with Crippen LogP contribution in [0.1, 0.15) is 32.7 Å². The molecular formula is C12H21N5O. The summed E-state index contributed by atoms with van der Waals surface area (Å²) in [6.07, 6.45) is 5.06. The minimum atomic E-state index is -0.310. The van der Waals surface area contributed by atoms with Crippen molar-refractivity contribution in [2.75, 3.05) is 13.1 Å². The van der Waals surface area contributed by atoms with E-state index in [1.165, 1.54) is 6.33 Å². The smallest absolute Gasteiger partial charge is 0.247 e. The molecule has 1 saturated heterocycles. The number of piperidine rings is 1. The number of rotatable bonds is 3. The summed E-state index contributed by atoms with van der Waals surface area (Å²) in [4.78, 5) is 18.2. The number of likely N-dealkylation sites (tertiary alicyclic amines) is 1. The zero-order valence-electron chi connectivity index (χ0n) is 11.0. The number of amides is 1. The van der Waals surface area contributed by atoms with Crippen molar-refractivity contribution in [3.05, 3.63) is 12.7 Å². The van der Waals surface area contributed by atoms with E-state index in [4.69, 9.17) is 5.73 Å². The number of nitrogens with two attached hydrogens (primary N) is 1. The molecule has 6 heteroatoms. The van der Waals surface area contributed by atoms with Crippen molar-refractivity contribution >= 4 is 5.91 Å². The third-order valence-electron chi connectivity index (χ3n) is 3.72. The predicted molar refractivity (Wildman–Crippen MR) is 67.7 cm³/mol. The van der Waals surface area contributed by atoms with Gasteiger partial charge in [-0.3, -0.25) is 4.79 Å². The molecule has 1 amide bonds. The molecule has 1 aromatic rings. The van der Waals surface area contributed by atoms with Gasteiger partial charge in [-0.2, -0.15) is 5.10 Å². The highest BCUT2D eigenvalue weighted by atomic mass is 16.2. The summed E-state index contributed by atoms with van der Waals surface area (Å²) in [5.74, 6) is 0.729. The van der Waals surface area contributed by atoms with Crippen LogP contribution in [0.25, 0.3) is 0 Å². The molecule has 6 nitrogen and oxygen atoms in total. The minimum Gasteiger partial charge on any atom is -0.337 e. The molecule has 2 heterocycles. The predicted octanol–water partition coefficient (Wildman–Crippen LogP) is 0.425. The Hall–Kier alpha value is -1.43. The van der Waals surface area contributed by atoms with Crippen LogP contribution >= 0.6 is 0 Å². The Balaban J connectivity index is 2.08. The van der Waals surface area contributed by atoms with E-state index in [0.717, 1.165) is 19.4 Å². The highest BCUT2D eigenvalue weighted by molar-refractivity contribution is 5.80. The summed E-state index contributed by atoms with van der Waals surface area (Å²) in [7, 11) is 0. The summed E-state index contributed by atoms with van der Waals surface area (Å²) in [5, 5.41) is 4.02. The van der Waals surface area contributed by atoms with Gasteiger partial charge in [0.25, 0.3) is 0 Å². The number of carbonyl (C=O) groups excluding carboxylic acids is 1. The van der Waals surface area contributed by atoms with Gasteiger partial charge in [-0.25, -0.2) is 9.67 Å². The van der Waals surface area contributed by atoms with Crippen LogP contribution in [0.5, 0.6) is 0 Å². The number of carbonyl (C=O) groups is 1. The molecule has 2 rings (SSSR count). The Bertz CT molecular complexity index is 391. The van der Waals surface area contributed by atoms with Crippen molar-refractivity contribution in [1.82, 2.24) is 19.7 Å². The average Bonchev–Trinajstić information content (AvgIpc) is 2.90. The van der Waals surface area contributed by atoms with Crippen LogP contribution in [0.3, 0.4) is 0 Å². The lowest BCUT2D eigenvalue weighted by Gasteiger charge is -2.39. The second kappa shape index (κ2) is 5.48. The van der Waals surface area contributed by atoms with E-state index >= 15 is 0 Å². The van der Waals surface area contributed by atoms with E-state index in [9.17, 15) is 4.79 Å². The maximum Gasteiger partial charge on any atom is 0.247 e. The summed E-state index contributed by atoms with van der Waals surface area (Å²) in [5.41, 5.74) is 5.78. The Morgan fingerprint density at radius 2 is 2.39 bits per heavy atom. The van der Waals surface area contributed by atoms with E-state index in [2.05, 4.69) is 17.0 Å². The van der Waals surface area contributed by atoms with Gasteiger partial charge in [0.05, 0.1) is 0 Å². The van der Waals surface area contributed by atoms with Gasteiger partial charge in [0, 0.05) is 19.1 Å². The van der Waals surface area contributed by atoms with Gasteiger partial charge >= 0.3 is 0 Å². The molecule has 2 N–H and O–H groups in total. The molecule has 0 saturated carbocycles. The molecule has 3 unspecified atom stereocenters. The molecule has 1 aromatic heterocycles. The van der Waals surface area contributed by atoms with E-state index in [1.807, 2.05) is 11.8 Å². The highest BCUT2D eigenvalue weighted by Gasteiger charge is 2.32. The Morgan fingerprint density at radius 1 is 1.61 bits per heavy atom. The summed E-state index contributed by atoms with van der Waals surface area (Å²) in [6, 6.07) is -0.151. The molecule has 0 radical (unpaired) electrons. The summed E-state index contributed by atoms with van der Waals surface area (Å²) >= 11 is 0. The van der Waals surface area contributed by atoms with Crippen LogP contribution < -0.4 is 5.73 Å². The third kappa shape index (κ3) is 2.53. The minimum absolute atomic E-state index is 0.0860. The summed E-state index contributed by atoms with van der Waals surface area (Å²) < 4.78 is 1.59. The fraction of sp³-hybridized carbons (Fsp3) is 0.750. The molecule has 1 aliphatic heterocycles. The fourth-order valence-corrected chi connectivity index (χ4v) is 2.54. The normalized spacial score (nSPS) is 26.1. The van der Waals surface area contributed by atoms with Crippen molar-refractivity contribution in [1.29, 1.82) is 0 Å². The number of aromatic nitrogens is 3. The van der Waals surface area contributed by atoms with Crippen molar-refractivity contribution in [3.8, 4) is 0 Å². The molecule has 0 spiro atoms. The zero-order valence-corrected chi connectivity index (χ0v) is 11.0. The van der Waals surface area contributed by atoms with Crippen molar-refractivity contribution in [2.45, 2.75) is 38.8 Å². The van der Waals surface area contributed by atoms with Gasteiger partial charge in [0.1, 0.15) is 18.7 Å². The SMILES string of the molecule is CC1CCN(C(=O)C(C)n2cncn2)C(CN)C1. The van der Waals surface area contributed by atoms with E-state index in [1.54, 1.807) is 11.0 Å². The fourth-order valence-electron chi connectivity index (χ4n) is 2.54. The maximum atomic E-state index is 12.5. The second-order valence-corrected chi connectivity index (χ2v) is 5.10. The standard InChI is InChI=1S/C12H21N5O/c1-9-3-4-16(11(5-9)6-13)12(18)10(2)17-8-14-7-15-17/h7-11H,3-6,13H2,1-2H3. The largest absolute Gasteiger partial charge is 0.337 e. The van der Waals surface area contributed by atoms with Crippen LogP contribution in [-0.2, 0) is 4.79 Å². The van der Waals surface area contributed by atoms with E-state index < -0.39 is 0 Å². The van der Waals surface area contributed by atoms with Crippen LogP contribution in [0.15, 0.2) is 12.7 Å². The molecular weight excluding hydrogens is 230 g/mol. The highest BCUT2D eigenvalue weighted by Crippen LogP contribution is 2.24. The van der Waals surface area contributed by atoms with Crippen molar-refractivity contribution in [2.24, 2.45) is 11.7 Å². The lowest BCUT2D eigenvalue weighted by molar-refractivity contribution is -0.138. The van der Waals surface area contributed by atoms with Crippen molar-refractivity contribution < 1.29 is 4.79 Å². The topological polar surface area (TPSA) is 77.0 Å². The second-order valence-electron chi connectivity index (χ2n) is 5.10. The Labute approximate surface area is 107 Å². The first-order chi connectivity index (χ1) is 8.63. The zero-order chi connectivity index (χ0) is 13.1.